The fourth-order valence-corrected chi connectivity index (χ4v) is 9.04. The summed E-state index contributed by atoms with van der Waals surface area (Å²) in [5, 5.41) is 1.96. The fourth-order valence-electron chi connectivity index (χ4n) is 4.24. The zero-order valence-electron chi connectivity index (χ0n) is 19.7. The van der Waals surface area contributed by atoms with Crippen LogP contribution in [0.1, 0.15) is 52.9 Å². The number of Topliss-reactive ketones (excluding diaryl/α,β-unsaturated/α-hetero) is 1. The van der Waals surface area contributed by atoms with E-state index in [1.807, 2.05) is 60.7 Å². The number of hydrogen-bond acceptors (Lipinski definition) is 3. The molecular weight excluding hydrogens is 419 g/mol. The first-order valence-electron chi connectivity index (χ1n) is 11.5. The van der Waals surface area contributed by atoms with Crippen molar-refractivity contribution in [2.75, 3.05) is 0 Å². The normalized spacial score (nSPS) is 21.4. The van der Waals surface area contributed by atoms with Gasteiger partial charge in [0.05, 0.1) is 0 Å². The summed E-state index contributed by atoms with van der Waals surface area (Å²) in [6, 6.07) is 19.7. The van der Waals surface area contributed by atoms with Gasteiger partial charge in [-0.25, -0.2) is 4.89 Å². The molecule has 1 N–H and O–H groups in total. The van der Waals surface area contributed by atoms with Crippen LogP contribution >= 0.6 is 7.49 Å². The van der Waals surface area contributed by atoms with Crippen molar-refractivity contribution < 1.29 is 14.1 Å². The number of carbonyl (C=O) groups excluding carboxylic acids is 1. The average molecular weight is 458 g/mol. The third kappa shape index (κ3) is 5.36. The Morgan fingerprint density at radius 2 is 1.42 bits per heavy atom. The lowest BCUT2D eigenvalue weighted by molar-refractivity contribution is -0.119. The molecule has 2 atom stereocenters. The van der Waals surface area contributed by atoms with Crippen LogP contribution in [0.15, 0.2) is 60.7 Å². The van der Waals surface area contributed by atoms with Crippen LogP contribution in [0.25, 0.3) is 0 Å². The van der Waals surface area contributed by atoms with Gasteiger partial charge in [-0.05, 0) is 68.1 Å². The molecular formula is C26H38O3PSi+. The molecule has 1 fully saturated rings. The number of rotatable bonds is 5. The van der Waals surface area contributed by atoms with Gasteiger partial charge in [-0.15, -0.1) is 0 Å². The van der Waals surface area contributed by atoms with E-state index in [0.29, 0.717) is 12.8 Å². The average Bonchev–Trinajstić information content (AvgIpc) is 2.73. The van der Waals surface area contributed by atoms with Crippen LogP contribution in [0.4, 0.5) is 0 Å². The van der Waals surface area contributed by atoms with Crippen LogP contribution in [-0.2, 0) is 9.22 Å². The molecule has 3 nitrogen and oxygen atoms in total. The molecule has 1 aliphatic rings. The minimum absolute atomic E-state index is 0.144. The molecule has 2 aromatic carbocycles. The van der Waals surface area contributed by atoms with Crippen molar-refractivity contribution in [1.29, 1.82) is 0 Å². The highest BCUT2D eigenvalue weighted by molar-refractivity contribution is 7.85. The van der Waals surface area contributed by atoms with Gasteiger partial charge in [-0.1, -0.05) is 57.2 Å². The van der Waals surface area contributed by atoms with Crippen LogP contribution in [0, 0.1) is 0 Å². The second-order valence-corrected chi connectivity index (χ2v) is 18.1. The van der Waals surface area contributed by atoms with Crippen LogP contribution in [0.5, 0.6) is 0 Å². The van der Waals surface area contributed by atoms with Crippen LogP contribution < -0.4 is 10.6 Å². The van der Waals surface area contributed by atoms with Gasteiger partial charge < -0.3 is 4.43 Å². The van der Waals surface area contributed by atoms with Gasteiger partial charge in [0, 0.05) is 12.5 Å². The van der Waals surface area contributed by atoms with E-state index in [1.165, 1.54) is 0 Å². The van der Waals surface area contributed by atoms with Gasteiger partial charge in [-0.3, -0.25) is 4.79 Å². The Bertz CT molecular complexity index is 822. The highest BCUT2D eigenvalue weighted by Gasteiger charge is 2.53. The maximum absolute atomic E-state index is 13.5. The third-order valence-electron chi connectivity index (χ3n) is 7.11. The second-order valence-electron chi connectivity index (χ2n) is 10.3. The molecule has 0 unspecified atom stereocenters. The lowest BCUT2D eigenvalue weighted by Gasteiger charge is -2.40. The molecule has 0 radical (unpaired) electrons. The fraction of sp³-hybridized carbons (Fsp3) is 0.500. The summed E-state index contributed by atoms with van der Waals surface area (Å²) in [4.78, 5) is 25.7. The summed E-state index contributed by atoms with van der Waals surface area (Å²) in [6.45, 7) is 11.3. The van der Waals surface area contributed by atoms with E-state index in [4.69, 9.17) is 4.43 Å². The second kappa shape index (κ2) is 9.66. The first kappa shape index (κ1) is 24.3. The smallest absolute Gasteiger partial charge is 0.216 e. The quantitative estimate of drug-likeness (QED) is 0.452. The monoisotopic (exact) mass is 457 g/mol. The topological polar surface area (TPSA) is 46.5 Å². The summed E-state index contributed by atoms with van der Waals surface area (Å²) in [7, 11) is -4.69. The Kier molecular flexibility index (Phi) is 7.58. The summed E-state index contributed by atoms with van der Waals surface area (Å²) in [6.07, 6.45) is 3.95. The van der Waals surface area contributed by atoms with Gasteiger partial charge in [0.15, 0.2) is 19.8 Å². The molecule has 0 saturated heterocycles. The Morgan fingerprint density at radius 3 is 1.90 bits per heavy atom. The molecule has 168 valence electrons. The number of ketones is 1. The van der Waals surface area contributed by atoms with Crippen molar-refractivity contribution in [2.45, 2.75) is 82.8 Å². The largest absolute Gasteiger partial charge is 0.414 e. The molecule has 5 heteroatoms. The molecule has 3 rings (SSSR count). The van der Waals surface area contributed by atoms with Crippen molar-refractivity contribution in [2.24, 2.45) is 0 Å². The van der Waals surface area contributed by atoms with Crippen LogP contribution in [-0.4, -0.2) is 30.8 Å². The Morgan fingerprint density at radius 1 is 0.903 bits per heavy atom. The van der Waals surface area contributed by atoms with Crippen molar-refractivity contribution in [1.82, 2.24) is 0 Å². The van der Waals surface area contributed by atoms with Crippen molar-refractivity contribution in [3.8, 4) is 0 Å². The SMILES string of the molecule is CC(C)(C)[Si](C)(C)O[C@H]1CCC[C@@H]([P+](O)(c2ccccc2)c2ccccc2)C(=O)CC1. The van der Waals surface area contributed by atoms with E-state index in [-0.39, 0.29) is 22.6 Å². The van der Waals surface area contributed by atoms with E-state index >= 15 is 0 Å². The summed E-state index contributed by atoms with van der Waals surface area (Å²) >= 11 is 0. The molecule has 0 amide bonds. The van der Waals surface area contributed by atoms with Crippen LogP contribution in [0.3, 0.4) is 0 Å². The van der Waals surface area contributed by atoms with E-state index in [1.54, 1.807) is 0 Å². The van der Waals surface area contributed by atoms with Crippen molar-refractivity contribution in [3.63, 3.8) is 0 Å². The maximum Gasteiger partial charge on any atom is 0.216 e. The van der Waals surface area contributed by atoms with E-state index in [0.717, 1.165) is 29.9 Å². The maximum atomic E-state index is 13.5. The zero-order valence-corrected chi connectivity index (χ0v) is 21.6. The lowest BCUT2D eigenvalue weighted by Crippen LogP contribution is -2.45. The third-order valence-corrected chi connectivity index (χ3v) is 15.3. The molecule has 31 heavy (non-hydrogen) atoms. The molecule has 0 spiro atoms. The van der Waals surface area contributed by atoms with E-state index in [9.17, 15) is 9.69 Å². The summed E-state index contributed by atoms with van der Waals surface area (Å²) in [5.74, 6) is 0.187. The minimum atomic E-state index is -2.82. The molecule has 0 aliphatic heterocycles. The number of benzene rings is 2. The van der Waals surface area contributed by atoms with Gasteiger partial charge in [0.1, 0.15) is 10.6 Å². The van der Waals surface area contributed by atoms with E-state index < -0.39 is 15.8 Å². The van der Waals surface area contributed by atoms with Crippen LogP contribution in [0.2, 0.25) is 18.1 Å². The van der Waals surface area contributed by atoms with Crippen molar-refractivity contribution >= 4 is 32.2 Å². The summed E-state index contributed by atoms with van der Waals surface area (Å²) < 4.78 is 6.65. The Labute approximate surface area is 189 Å². The standard InChI is InChI=1S/C26H38O3PSi/c1-26(2,3)31(4,5)29-21-13-12-18-25(24(27)20-19-21)30(28,22-14-8-6-9-15-22)23-16-10-7-11-17-23/h6-11,14-17,21,25,28H,12-13,18-20H2,1-5H3/q+1/t21-,25+/m0/s1. The highest BCUT2D eigenvalue weighted by atomic mass is 31.2. The molecule has 0 heterocycles. The molecule has 1 aliphatic carbocycles. The van der Waals surface area contributed by atoms with Crippen molar-refractivity contribution in [3.05, 3.63) is 60.7 Å². The van der Waals surface area contributed by atoms with Gasteiger partial charge in [0.25, 0.3) is 0 Å². The first-order valence-corrected chi connectivity index (χ1v) is 16.2. The number of carbonyl (C=O) groups is 1. The molecule has 2 aromatic rings. The summed E-state index contributed by atoms with van der Waals surface area (Å²) in [5.41, 5.74) is -0.342. The van der Waals surface area contributed by atoms with Gasteiger partial charge in [-0.2, -0.15) is 0 Å². The molecule has 1 saturated carbocycles. The Balaban J connectivity index is 1.85. The predicted molar refractivity (Wildman–Crippen MR) is 135 cm³/mol. The zero-order chi connectivity index (χ0) is 22.7. The Hall–Kier alpha value is -1.32. The first-order chi connectivity index (χ1) is 14.6. The highest BCUT2D eigenvalue weighted by Crippen LogP contribution is 2.59. The van der Waals surface area contributed by atoms with E-state index in [2.05, 4.69) is 33.9 Å². The lowest BCUT2D eigenvalue weighted by atomic mass is 9.97. The van der Waals surface area contributed by atoms with Gasteiger partial charge >= 0.3 is 0 Å². The molecule has 0 bridgehead atoms. The van der Waals surface area contributed by atoms with Gasteiger partial charge in [0.2, 0.25) is 7.49 Å². The predicted octanol–water partition coefficient (Wildman–Crippen LogP) is 5.85. The molecule has 0 aromatic heterocycles. The minimum Gasteiger partial charge on any atom is -0.414 e. The number of hydrogen-bond donors (Lipinski definition) is 1.